The molecule has 0 saturated heterocycles. The Morgan fingerprint density at radius 1 is 1.55 bits per heavy atom. The fraction of sp³-hybridized carbons (Fsp3) is 0.857. The standard InChI is InChI=1S/C7H9Cl3O/c1-3-6(5(8)11)4(2)7(6,9)10/h4H,3H2,1-2H3/t4?,6-/m0/s1. The second-order valence-corrected chi connectivity index (χ2v) is 4.67. The van der Waals surface area contributed by atoms with Gasteiger partial charge in [-0.15, -0.1) is 23.2 Å². The van der Waals surface area contributed by atoms with Crippen LogP contribution in [-0.4, -0.2) is 9.58 Å². The van der Waals surface area contributed by atoms with Crippen molar-refractivity contribution in [1.82, 2.24) is 0 Å². The second-order valence-electron chi connectivity index (χ2n) is 2.94. The number of alkyl halides is 2. The van der Waals surface area contributed by atoms with Gasteiger partial charge in [-0.25, -0.2) is 0 Å². The Morgan fingerprint density at radius 3 is 1.91 bits per heavy atom. The molecule has 0 aromatic heterocycles. The highest BCUT2D eigenvalue weighted by Gasteiger charge is 2.76. The van der Waals surface area contributed by atoms with Crippen LogP contribution >= 0.6 is 34.8 Å². The molecule has 1 aliphatic rings. The Bertz CT molecular complexity index is 202. The maximum atomic E-state index is 11.0. The molecule has 2 atom stereocenters. The van der Waals surface area contributed by atoms with Gasteiger partial charge in [0.15, 0.2) is 0 Å². The summed E-state index contributed by atoms with van der Waals surface area (Å²) in [6.45, 7) is 3.70. The van der Waals surface area contributed by atoms with Crippen molar-refractivity contribution in [3.05, 3.63) is 0 Å². The van der Waals surface area contributed by atoms with Crippen LogP contribution in [0.25, 0.3) is 0 Å². The van der Waals surface area contributed by atoms with Crippen molar-refractivity contribution in [3.63, 3.8) is 0 Å². The molecular weight excluding hydrogens is 206 g/mol. The van der Waals surface area contributed by atoms with Crippen molar-refractivity contribution < 1.29 is 4.79 Å². The third kappa shape index (κ3) is 0.944. The van der Waals surface area contributed by atoms with Gasteiger partial charge in [0, 0.05) is 5.92 Å². The Balaban J connectivity index is 2.93. The van der Waals surface area contributed by atoms with Crippen LogP contribution in [0.2, 0.25) is 0 Å². The molecule has 11 heavy (non-hydrogen) atoms. The zero-order valence-electron chi connectivity index (χ0n) is 6.33. The number of rotatable bonds is 2. The lowest BCUT2D eigenvalue weighted by molar-refractivity contribution is -0.116. The minimum atomic E-state index is -0.944. The fourth-order valence-corrected chi connectivity index (χ4v) is 3.19. The second kappa shape index (κ2) is 2.51. The average Bonchev–Trinajstić information content (AvgIpc) is 2.30. The van der Waals surface area contributed by atoms with Crippen molar-refractivity contribution in [2.45, 2.75) is 24.6 Å². The molecule has 0 radical (unpaired) electrons. The third-order valence-corrected chi connectivity index (χ3v) is 4.37. The summed E-state index contributed by atoms with van der Waals surface area (Å²) in [5.41, 5.74) is -0.697. The highest BCUT2D eigenvalue weighted by Crippen LogP contribution is 2.71. The van der Waals surface area contributed by atoms with Crippen molar-refractivity contribution >= 4 is 40.0 Å². The van der Waals surface area contributed by atoms with E-state index in [1.807, 2.05) is 13.8 Å². The van der Waals surface area contributed by atoms with Crippen LogP contribution in [-0.2, 0) is 4.79 Å². The zero-order valence-corrected chi connectivity index (χ0v) is 8.59. The van der Waals surface area contributed by atoms with Crippen LogP contribution in [0.3, 0.4) is 0 Å². The average molecular weight is 216 g/mol. The van der Waals surface area contributed by atoms with Gasteiger partial charge < -0.3 is 0 Å². The van der Waals surface area contributed by atoms with E-state index >= 15 is 0 Å². The SMILES string of the molecule is CC[C@@]1(C(=O)Cl)C(C)C1(Cl)Cl. The molecule has 1 unspecified atom stereocenters. The highest BCUT2D eigenvalue weighted by atomic mass is 35.5. The van der Waals surface area contributed by atoms with Crippen molar-refractivity contribution in [2.75, 3.05) is 0 Å². The normalized spacial score (nSPS) is 40.3. The molecule has 0 aromatic carbocycles. The lowest BCUT2D eigenvalue weighted by atomic mass is 10.0. The minimum Gasteiger partial charge on any atom is -0.281 e. The Labute approximate surface area is 81.0 Å². The summed E-state index contributed by atoms with van der Waals surface area (Å²) in [5.74, 6) is -0.0340. The fourth-order valence-electron chi connectivity index (χ4n) is 1.62. The molecule has 0 spiro atoms. The molecule has 0 aromatic rings. The summed E-state index contributed by atoms with van der Waals surface area (Å²) in [6, 6.07) is 0. The molecule has 4 heteroatoms. The molecule has 64 valence electrons. The van der Waals surface area contributed by atoms with Gasteiger partial charge in [-0.05, 0) is 18.0 Å². The number of carbonyl (C=O) groups excluding carboxylic acids is 1. The van der Waals surface area contributed by atoms with E-state index in [4.69, 9.17) is 34.8 Å². The Morgan fingerprint density at radius 2 is 1.91 bits per heavy atom. The summed E-state index contributed by atoms with van der Waals surface area (Å²) in [7, 11) is 0. The first kappa shape index (κ1) is 9.63. The first-order valence-corrected chi connectivity index (χ1v) is 4.62. The molecule has 1 rings (SSSR count). The van der Waals surface area contributed by atoms with E-state index in [9.17, 15) is 4.79 Å². The van der Waals surface area contributed by atoms with Gasteiger partial charge in [-0.1, -0.05) is 13.8 Å². The summed E-state index contributed by atoms with van der Waals surface area (Å²) in [6.07, 6.45) is 0.601. The highest BCUT2D eigenvalue weighted by molar-refractivity contribution is 6.69. The van der Waals surface area contributed by atoms with Gasteiger partial charge in [0.1, 0.15) is 4.33 Å². The van der Waals surface area contributed by atoms with E-state index in [0.29, 0.717) is 6.42 Å². The topological polar surface area (TPSA) is 17.1 Å². The summed E-state index contributed by atoms with van der Waals surface area (Å²) in [4.78, 5) is 11.0. The maximum absolute atomic E-state index is 11.0. The van der Waals surface area contributed by atoms with Gasteiger partial charge in [-0.3, -0.25) is 4.79 Å². The summed E-state index contributed by atoms with van der Waals surface area (Å²) < 4.78 is -0.944. The van der Waals surface area contributed by atoms with Gasteiger partial charge in [0.25, 0.3) is 0 Å². The van der Waals surface area contributed by atoms with Crippen molar-refractivity contribution in [3.8, 4) is 0 Å². The van der Waals surface area contributed by atoms with E-state index in [-0.39, 0.29) is 5.92 Å². The lowest BCUT2D eigenvalue weighted by Gasteiger charge is -2.08. The van der Waals surface area contributed by atoms with Crippen LogP contribution in [0.4, 0.5) is 0 Å². The first-order chi connectivity index (χ1) is 4.91. The van der Waals surface area contributed by atoms with E-state index in [0.717, 1.165) is 0 Å². The summed E-state index contributed by atoms with van der Waals surface area (Å²) >= 11 is 17.1. The lowest BCUT2D eigenvalue weighted by Crippen LogP contribution is -2.16. The van der Waals surface area contributed by atoms with Crippen molar-refractivity contribution in [2.24, 2.45) is 11.3 Å². The van der Waals surface area contributed by atoms with Crippen LogP contribution in [0, 0.1) is 11.3 Å². The predicted molar refractivity (Wildman–Crippen MR) is 47.2 cm³/mol. The molecule has 0 amide bonds. The third-order valence-electron chi connectivity index (χ3n) is 2.70. The first-order valence-electron chi connectivity index (χ1n) is 3.49. The van der Waals surface area contributed by atoms with Gasteiger partial charge in [-0.2, -0.15) is 0 Å². The minimum absolute atomic E-state index is 0.0340. The van der Waals surface area contributed by atoms with Crippen LogP contribution in [0.5, 0.6) is 0 Å². The van der Waals surface area contributed by atoms with Gasteiger partial charge in [0.2, 0.25) is 5.24 Å². The number of hydrogen-bond acceptors (Lipinski definition) is 1. The van der Waals surface area contributed by atoms with Gasteiger partial charge in [0.05, 0.1) is 5.41 Å². The molecule has 1 aliphatic carbocycles. The molecule has 0 heterocycles. The quantitative estimate of drug-likeness (QED) is 0.511. The molecule has 1 saturated carbocycles. The molecular formula is C7H9Cl3O. The van der Waals surface area contributed by atoms with Crippen LogP contribution in [0.1, 0.15) is 20.3 Å². The monoisotopic (exact) mass is 214 g/mol. The Hall–Kier alpha value is 0.540. The zero-order chi connectivity index (χ0) is 8.86. The molecule has 1 fully saturated rings. The smallest absolute Gasteiger partial charge is 0.231 e. The molecule has 1 nitrogen and oxygen atoms in total. The number of carbonyl (C=O) groups is 1. The summed E-state index contributed by atoms with van der Waals surface area (Å²) in [5, 5.41) is -0.419. The van der Waals surface area contributed by atoms with E-state index in [1.54, 1.807) is 0 Å². The van der Waals surface area contributed by atoms with Gasteiger partial charge >= 0.3 is 0 Å². The van der Waals surface area contributed by atoms with Crippen LogP contribution < -0.4 is 0 Å². The van der Waals surface area contributed by atoms with E-state index in [1.165, 1.54) is 0 Å². The number of halogens is 3. The van der Waals surface area contributed by atoms with Crippen LogP contribution in [0.15, 0.2) is 0 Å². The van der Waals surface area contributed by atoms with E-state index in [2.05, 4.69) is 0 Å². The van der Waals surface area contributed by atoms with Crippen molar-refractivity contribution in [1.29, 1.82) is 0 Å². The Kier molecular flexibility index (Phi) is 2.20. The molecule has 0 N–H and O–H groups in total. The van der Waals surface area contributed by atoms with E-state index < -0.39 is 15.0 Å². The number of hydrogen-bond donors (Lipinski definition) is 0. The predicted octanol–water partition coefficient (Wildman–Crippen LogP) is 2.97. The maximum Gasteiger partial charge on any atom is 0.231 e. The largest absolute Gasteiger partial charge is 0.281 e. The molecule has 0 bridgehead atoms. The molecule has 0 aliphatic heterocycles.